The van der Waals surface area contributed by atoms with Crippen LogP contribution in [0.2, 0.25) is 0 Å². The van der Waals surface area contributed by atoms with Gasteiger partial charge in [-0.2, -0.15) is 0 Å². The van der Waals surface area contributed by atoms with Gasteiger partial charge in [-0.05, 0) is 48.7 Å². The van der Waals surface area contributed by atoms with Crippen LogP contribution in [-0.2, 0) is 19.6 Å². The highest BCUT2D eigenvalue weighted by atomic mass is 16.5. The van der Waals surface area contributed by atoms with E-state index in [0.717, 1.165) is 31.0 Å². The van der Waals surface area contributed by atoms with Crippen LogP contribution >= 0.6 is 0 Å². The standard InChI is InChI=1S/C24H27NO2/c1-19-9-3-4-12-22(19)18-27-24-14-8-6-11-21(24)17-25-16-15-20-10-5-7-13-23(20)26-2/h3-14,25H,15-18H2,1-2H3. The second-order valence-electron chi connectivity index (χ2n) is 6.56. The Morgan fingerprint density at radius 1 is 0.741 bits per heavy atom. The maximum absolute atomic E-state index is 6.10. The summed E-state index contributed by atoms with van der Waals surface area (Å²) in [6.45, 7) is 4.36. The van der Waals surface area contributed by atoms with Crippen LogP contribution in [0.25, 0.3) is 0 Å². The molecular formula is C24H27NO2. The molecule has 140 valence electrons. The highest BCUT2D eigenvalue weighted by Gasteiger charge is 2.05. The summed E-state index contributed by atoms with van der Waals surface area (Å²) in [5, 5.41) is 3.52. The lowest BCUT2D eigenvalue weighted by Gasteiger charge is -2.14. The van der Waals surface area contributed by atoms with Crippen molar-refractivity contribution in [2.24, 2.45) is 0 Å². The number of nitrogens with one attached hydrogen (secondary N) is 1. The molecule has 3 heteroatoms. The molecule has 27 heavy (non-hydrogen) atoms. The Kier molecular flexibility index (Phi) is 6.89. The fourth-order valence-electron chi connectivity index (χ4n) is 3.07. The number of hydrogen-bond donors (Lipinski definition) is 1. The van der Waals surface area contributed by atoms with E-state index >= 15 is 0 Å². The smallest absolute Gasteiger partial charge is 0.124 e. The fourth-order valence-corrected chi connectivity index (χ4v) is 3.07. The zero-order chi connectivity index (χ0) is 18.9. The summed E-state index contributed by atoms with van der Waals surface area (Å²) in [5.41, 5.74) is 4.86. The summed E-state index contributed by atoms with van der Waals surface area (Å²) in [7, 11) is 1.72. The maximum atomic E-state index is 6.10. The number of methoxy groups -OCH3 is 1. The molecule has 3 aromatic rings. The Hall–Kier alpha value is -2.78. The van der Waals surface area contributed by atoms with Crippen molar-refractivity contribution in [3.05, 3.63) is 95.1 Å². The number of hydrogen-bond acceptors (Lipinski definition) is 3. The van der Waals surface area contributed by atoms with Crippen LogP contribution in [0, 0.1) is 6.92 Å². The average Bonchev–Trinajstić information content (AvgIpc) is 2.71. The first kappa shape index (κ1) is 19.0. The largest absolute Gasteiger partial charge is 0.496 e. The monoisotopic (exact) mass is 361 g/mol. The Morgan fingerprint density at radius 3 is 2.11 bits per heavy atom. The molecule has 0 heterocycles. The SMILES string of the molecule is COc1ccccc1CCNCc1ccccc1OCc1ccccc1C. The molecule has 0 unspecified atom stereocenters. The Morgan fingerprint density at radius 2 is 1.37 bits per heavy atom. The van der Waals surface area contributed by atoms with Crippen LogP contribution in [0.15, 0.2) is 72.8 Å². The molecule has 0 aliphatic carbocycles. The van der Waals surface area contributed by atoms with E-state index < -0.39 is 0 Å². The second kappa shape index (κ2) is 9.79. The van der Waals surface area contributed by atoms with E-state index in [0.29, 0.717) is 6.61 Å². The van der Waals surface area contributed by atoms with Crippen LogP contribution < -0.4 is 14.8 Å². The van der Waals surface area contributed by atoms with Crippen molar-refractivity contribution in [2.45, 2.75) is 26.5 Å². The van der Waals surface area contributed by atoms with Crippen molar-refractivity contribution < 1.29 is 9.47 Å². The summed E-state index contributed by atoms with van der Waals surface area (Å²) < 4.78 is 11.5. The van der Waals surface area contributed by atoms with E-state index in [1.165, 1.54) is 22.3 Å². The van der Waals surface area contributed by atoms with Crippen molar-refractivity contribution in [1.29, 1.82) is 0 Å². The quantitative estimate of drug-likeness (QED) is 0.549. The molecule has 0 aliphatic heterocycles. The molecule has 3 nitrogen and oxygen atoms in total. The van der Waals surface area contributed by atoms with Crippen LogP contribution in [0.1, 0.15) is 22.3 Å². The van der Waals surface area contributed by atoms with Crippen molar-refractivity contribution in [3.63, 3.8) is 0 Å². The maximum Gasteiger partial charge on any atom is 0.124 e. The van der Waals surface area contributed by atoms with Crippen molar-refractivity contribution in [3.8, 4) is 11.5 Å². The second-order valence-corrected chi connectivity index (χ2v) is 6.56. The number of ether oxygens (including phenoxy) is 2. The van der Waals surface area contributed by atoms with Crippen LogP contribution in [0.5, 0.6) is 11.5 Å². The minimum Gasteiger partial charge on any atom is -0.496 e. The van der Waals surface area contributed by atoms with E-state index in [4.69, 9.17) is 9.47 Å². The number of rotatable bonds is 9. The molecule has 1 N–H and O–H groups in total. The van der Waals surface area contributed by atoms with E-state index in [9.17, 15) is 0 Å². The topological polar surface area (TPSA) is 30.5 Å². The van der Waals surface area contributed by atoms with E-state index in [-0.39, 0.29) is 0 Å². The summed E-state index contributed by atoms with van der Waals surface area (Å²) in [6, 6.07) is 24.7. The number of aryl methyl sites for hydroxylation is 1. The third kappa shape index (κ3) is 5.35. The first-order valence-corrected chi connectivity index (χ1v) is 9.35. The van der Waals surface area contributed by atoms with E-state index in [1.807, 2.05) is 30.3 Å². The van der Waals surface area contributed by atoms with Gasteiger partial charge in [0.15, 0.2) is 0 Å². The van der Waals surface area contributed by atoms with E-state index in [1.54, 1.807) is 7.11 Å². The van der Waals surface area contributed by atoms with Gasteiger partial charge >= 0.3 is 0 Å². The summed E-state index contributed by atoms with van der Waals surface area (Å²) >= 11 is 0. The third-order valence-electron chi connectivity index (χ3n) is 4.70. The molecule has 0 saturated heterocycles. The molecule has 0 aromatic heterocycles. The predicted molar refractivity (Wildman–Crippen MR) is 110 cm³/mol. The molecule has 0 spiro atoms. The minimum atomic E-state index is 0.588. The summed E-state index contributed by atoms with van der Waals surface area (Å²) in [6.07, 6.45) is 0.927. The lowest BCUT2D eigenvalue weighted by atomic mass is 10.1. The van der Waals surface area contributed by atoms with Crippen molar-refractivity contribution >= 4 is 0 Å². The zero-order valence-corrected chi connectivity index (χ0v) is 16.1. The van der Waals surface area contributed by atoms with Gasteiger partial charge < -0.3 is 14.8 Å². The number of benzene rings is 3. The number of para-hydroxylation sites is 2. The molecule has 0 aliphatic rings. The van der Waals surface area contributed by atoms with Gasteiger partial charge in [0.1, 0.15) is 18.1 Å². The normalized spacial score (nSPS) is 10.6. The van der Waals surface area contributed by atoms with Crippen LogP contribution in [-0.4, -0.2) is 13.7 Å². The van der Waals surface area contributed by atoms with Gasteiger partial charge in [0.2, 0.25) is 0 Å². The van der Waals surface area contributed by atoms with Gasteiger partial charge in [-0.15, -0.1) is 0 Å². The van der Waals surface area contributed by atoms with Gasteiger partial charge in [0, 0.05) is 12.1 Å². The molecular weight excluding hydrogens is 334 g/mol. The fraction of sp³-hybridized carbons (Fsp3) is 0.250. The molecule has 3 aromatic carbocycles. The van der Waals surface area contributed by atoms with Gasteiger partial charge in [-0.1, -0.05) is 60.7 Å². The first-order valence-electron chi connectivity index (χ1n) is 9.35. The zero-order valence-electron chi connectivity index (χ0n) is 16.1. The van der Waals surface area contributed by atoms with E-state index in [2.05, 4.69) is 54.7 Å². The summed E-state index contributed by atoms with van der Waals surface area (Å²) in [4.78, 5) is 0. The highest BCUT2D eigenvalue weighted by molar-refractivity contribution is 5.35. The molecule has 0 amide bonds. The molecule has 0 atom stereocenters. The average molecular weight is 361 g/mol. The molecule has 0 saturated carbocycles. The third-order valence-corrected chi connectivity index (χ3v) is 4.70. The Labute approximate surface area is 162 Å². The summed E-state index contributed by atoms with van der Waals surface area (Å²) in [5.74, 6) is 1.88. The predicted octanol–water partition coefficient (Wildman–Crippen LogP) is 4.91. The van der Waals surface area contributed by atoms with Gasteiger partial charge in [0.25, 0.3) is 0 Å². The molecule has 0 radical (unpaired) electrons. The lowest BCUT2D eigenvalue weighted by molar-refractivity contribution is 0.301. The van der Waals surface area contributed by atoms with Crippen molar-refractivity contribution in [1.82, 2.24) is 5.32 Å². The van der Waals surface area contributed by atoms with Crippen LogP contribution in [0.4, 0.5) is 0 Å². The Balaban J connectivity index is 1.54. The van der Waals surface area contributed by atoms with Crippen molar-refractivity contribution in [2.75, 3.05) is 13.7 Å². The first-order chi connectivity index (χ1) is 13.3. The van der Waals surface area contributed by atoms with Crippen LogP contribution in [0.3, 0.4) is 0 Å². The molecule has 3 rings (SSSR count). The van der Waals surface area contributed by atoms with Gasteiger partial charge in [-0.3, -0.25) is 0 Å². The minimum absolute atomic E-state index is 0.588. The van der Waals surface area contributed by atoms with Gasteiger partial charge in [-0.25, -0.2) is 0 Å². The molecule has 0 bridgehead atoms. The Bertz CT molecular complexity index is 860. The van der Waals surface area contributed by atoms with Gasteiger partial charge in [0.05, 0.1) is 7.11 Å². The molecule has 0 fully saturated rings. The lowest BCUT2D eigenvalue weighted by Crippen LogP contribution is -2.17. The highest BCUT2D eigenvalue weighted by Crippen LogP contribution is 2.21.